The second kappa shape index (κ2) is 5.59. The van der Waals surface area contributed by atoms with Crippen LogP contribution >= 0.6 is 11.6 Å². The Morgan fingerprint density at radius 1 is 1.50 bits per heavy atom. The average molecular weight is 319 g/mol. The Hall–Kier alpha value is -1.31. The molecule has 20 heavy (non-hydrogen) atoms. The van der Waals surface area contributed by atoms with Crippen LogP contribution < -0.4 is 5.73 Å². The first-order chi connectivity index (χ1) is 9.37. The number of carbonyl (C=O) groups excluding carboxylic acids is 1. The molecule has 6 nitrogen and oxygen atoms in total. The summed E-state index contributed by atoms with van der Waals surface area (Å²) in [7, 11) is -2.60. The number of benzene rings is 1. The highest BCUT2D eigenvalue weighted by Gasteiger charge is 2.40. The van der Waals surface area contributed by atoms with Crippen LogP contribution in [0.25, 0.3) is 0 Å². The summed E-state index contributed by atoms with van der Waals surface area (Å²) in [5.41, 5.74) is 5.79. The Balaban J connectivity index is 2.41. The molecule has 1 unspecified atom stereocenters. The maximum Gasteiger partial charge on any atom is 0.324 e. The van der Waals surface area contributed by atoms with Gasteiger partial charge < -0.3 is 10.5 Å². The highest BCUT2D eigenvalue weighted by molar-refractivity contribution is 7.89. The first-order valence-corrected chi connectivity index (χ1v) is 7.84. The van der Waals surface area contributed by atoms with Gasteiger partial charge in [0.25, 0.3) is 0 Å². The van der Waals surface area contributed by atoms with Crippen LogP contribution in [-0.2, 0) is 19.6 Å². The molecule has 1 heterocycles. The number of carbonyl (C=O) groups is 1. The van der Waals surface area contributed by atoms with E-state index in [1.165, 1.54) is 25.3 Å². The van der Waals surface area contributed by atoms with E-state index in [0.717, 1.165) is 4.31 Å². The van der Waals surface area contributed by atoms with Crippen molar-refractivity contribution in [3.63, 3.8) is 0 Å². The number of halogens is 1. The first-order valence-electron chi connectivity index (χ1n) is 6.02. The van der Waals surface area contributed by atoms with Gasteiger partial charge in [-0.25, -0.2) is 8.42 Å². The SMILES string of the molecule is COC(=O)C1CCCN1S(=O)(=O)c1ccc(Cl)cc1N. The number of rotatable bonds is 3. The fourth-order valence-corrected chi connectivity index (χ4v) is 4.21. The molecule has 110 valence electrons. The lowest BCUT2D eigenvalue weighted by Crippen LogP contribution is -2.41. The zero-order chi connectivity index (χ0) is 14.9. The van der Waals surface area contributed by atoms with E-state index in [4.69, 9.17) is 17.3 Å². The molecule has 1 aliphatic rings. The average Bonchev–Trinajstić information content (AvgIpc) is 2.87. The summed E-state index contributed by atoms with van der Waals surface area (Å²) in [6.45, 7) is 0.268. The zero-order valence-electron chi connectivity index (χ0n) is 10.9. The number of sulfonamides is 1. The van der Waals surface area contributed by atoms with E-state index in [2.05, 4.69) is 4.74 Å². The predicted molar refractivity (Wildman–Crippen MR) is 74.8 cm³/mol. The molecular weight excluding hydrogens is 304 g/mol. The van der Waals surface area contributed by atoms with Crippen molar-refractivity contribution in [1.29, 1.82) is 0 Å². The van der Waals surface area contributed by atoms with E-state index < -0.39 is 22.0 Å². The minimum Gasteiger partial charge on any atom is -0.468 e. The number of nitrogen functional groups attached to an aromatic ring is 1. The smallest absolute Gasteiger partial charge is 0.324 e. The van der Waals surface area contributed by atoms with Crippen molar-refractivity contribution in [2.75, 3.05) is 19.4 Å². The molecule has 2 N–H and O–H groups in total. The molecule has 0 saturated carbocycles. The molecule has 8 heteroatoms. The summed E-state index contributed by atoms with van der Waals surface area (Å²) in [4.78, 5) is 11.6. The van der Waals surface area contributed by atoms with Gasteiger partial charge in [0.2, 0.25) is 10.0 Å². The lowest BCUT2D eigenvalue weighted by molar-refractivity contribution is -0.144. The Kier molecular flexibility index (Phi) is 4.22. The van der Waals surface area contributed by atoms with Crippen LogP contribution in [0.3, 0.4) is 0 Å². The van der Waals surface area contributed by atoms with Crippen LogP contribution in [0.1, 0.15) is 12.8 Å². The van der Waals surface area contributed by atoms with E-state index in [0.29, 0.717) is 17.9 Å². The van der Waals surface area contributed by atoms with E-state index in [1.807, 2.05) is 0 Å². The monoisotopic (exact) mass is 318 g/mol. The van der Waals surface area contributed by atoms with Crippen molar-refractivity contribution in [3.8, 4) is 0 Å². The number of hydrogen-bond acceptors (Lipinski definition) is 5. The maximum absolute atomic E-state index is 12.6. The van der Waals surface area contributed by atoms with Gasteiger partial charge in [-0.2, -0.15) is 4.31 Å². The number of nitrogens with two attached hydrogens (primary N) is 1. The first kappa shape index (κ1) is 15.1. The normalized spacial score (nSPS) is 20.0. The van der Waals surface area contributed by atoms with Gasteiger partial charge in [0.1, 0.15) is 10.9 Å². The maximum atomic E-state index is 12.6. The molecule has 0 radical (unpaired) electrons. The quantitative estimate of drug-likeness (QED) is 0.669. The van der Waals surface area contributed by atoms with E-state index in [1.54, 1.807) is 0 Å². The Morgan fingerprint density at radius 2 is 2.20 bits per heavy atom. The van der Waals surface area contributed by atoms with Gasteiger partial charge in [-0.05, 0) is 31.0 Å². The third-order valence-corrected chi connectivity index (χ3v) is 5.45. The highest BCUT2D eigenvalue weighted by atomic mass is 35.5. The largest absolute Gasteiger partial charge is 0.468 e. The van der Waals surface area contributed by atoms with Crippen LogP contribution in [0.2, 0.25) is 5.02 Å². The lowest BCUT2D eigenvalue weighted by atomic mass is 10.2. The fourth-order valence-electron chi connectivity index (χ4n) is 2.28. The molecule has 1 atom stereocenters. The molecule has 1 aromatic rings. The number of anilines is 1. The Labute approximate surface area is 122 Å². The van der Waals surface area contributed by atoms with Crippen molar-refractivity contribution >= 4 is 33.3 Å². The molecule has 0 aliphatic carbocycles. The fraction of sp³-hybridized carbons (Fsp3) is 0.417. The molecule has 1 aliphatic heterocycles. The van der Waals surface area contributed by atoms with Gasteiger partial charge in [0.15, 0.2) is 0 Å². The summed E-state index contributed by atoms with van der Waals surface area (Å²) < 4.78 is 31.0. The molecule has 0 spiro atoms. The van der Waals surface area contributed by atoms with Crippen molar-refractivity contribution in [1.82, 2.24) is 4.31 Å². The van der Waals surface area contributed by atoms with Crippen molar-refractivity contribution in [3.05, 3.63) is 23.2 Å². The lowest BCUT2D eigenvalue weighted by Gasteiger charge is -2.22. The molecule has 0 aromatic heterocycles. The van der Waals surface area contributed by atoms with Crippen LogP contribution in [0.5, 0.6) is 0 Å². The van der Waals surface area contributed by atoms with Crippen LogP contribution in [0.4, 0.5) is 5.69 Å². The van der Waals surface area contributed by atoms with Gasteiger partial charge in [0, 0.05) is 11.6 Å². The number of nitrogens with zero attached hydrogens (tertiary/aromatic N) is 1. The van der Waals surface area contributed by atoms with Gasteiger partial charge >= 0.3 is 5.97 Å². The van der Waals surface area contributed by atoms with Gasteiger partial charge in [-0.3, -0.25) is 4.79 Å². The van der Waals surface area contributed by atoms with E-state index in [-0.39, 0.29) is 17.1 Å². The highest BCUT2D eigenvalue weighted by Crippen LogP contribution is 2.30. The van der Waals surface area contributed by atoms with Crippen molar-refractivity contribution in [2.24, 2.45) is 0 Å². The molecule has 1 fully saturated rings. The second-order valence-electron chi connectivity index (χ2n) is 4.48. The summed E-state index contributed by atoms with van der Waals surface area (Å²) in [6, 6.07) is 3.38. The number of esters is 1. The molecule has 0 amide bonds. The summed E-state index contributed by atoms with van der Waals surface area (Å²) in [6.07, 6.45) is 1.05. The molecular formula is C12H15ClN2O4S. The van der Waals surface area contributed by atoms with E-state index in [9.17, 15) is 13.2 Å². The minimum atomic E-state index is -3.84. The Bertz CT molecular complexity index is 632. The third-order valence-electron chi connectivity index (χ3n) is 3.24. The standard InChI is InChI=1S/C12H15ClN2O4S/c1-19-12(16)10-3-2-6-15(10)20(17,18)11-5-4-8(13)7-9(11)14/h4-5,7,10H,2-3,6,14H2,1H3. The van der Waals surface area contributed by atoms with Crippen LogP contribution in [-0.4, -0.2) is 38.4 Å². The van der Waals surface area contributed by atoms with Crippen molar-refractivity contribution < 1.29 is 17.9 Å². The van der Waals surface area contributed by atoms with Crippen LogP contribution in [0.15, 0.2) is 23.1 Å². The zero-order valence-corrected chi connectivity index (χ0v) is 12.4. The number of hydrogen-bond donors (Lipinski definition) is 1. The topological polar surface area (TPSA) is 89.7 Å². The minimum absolute atomic E-state index is 0.0438. The third kappa shape index (κ3) is 2.61. The number of methoxy groups -OCH3 is 1. The molecule has 1 saturated heterocycles. The summed E-state index contributed by atoms with van der Waals surface area (Å²) in [5, 5.41) is 0.354. The summed E-state index contributed by atoms with van der Waals surface area (Å²) in [5.74, 6) is -0.557. The molecule has 2 rings (SSSR count). The predicted octanol–water partition coefficient (Wildman–Crippen LogP) is 1.25. The molecule has 0 bridgehead atoms. The van der Waals surface area contributed by atoms with Gasteiger partial charge in [-0.15, -0.1) is 0 Å². The molecule has 1 aromatic carbocycles. The summed E-state index contributed by atoms with van der Waals surface area (Å²) >= 11 is 5.77. The second-order valence-corrected chi connectivity index (χ2v) is 6.77. The Morgan fingerprint density at radius 3 is 2.80 bits per heavy atom. The van der Waals surface area contributed by atoms with Gasteiger partial charge in [-0.1, -0.05) is 11.6 Å². The number of ether oxygens (including phenoxy) is 1. The van der Waals surface area contributed by atoms with Crippen LogP contribution in [0, 0.1) is 0 Å². The van der Waals surface area contributed by atoms with E-state index >= 15 is 0 Å². The van der Waals surface area contributed by atoms with Crippen molar-refractivity contribution in [2.45, 2.75) is 23.8 Å². The van der Waals surface area contributed by atoms with Gasteiger partial charge in [0.05, 0.1) is 12.8 Å².